The lowest BCUT2D eigenvalue weighted by Gasteiger charge is -2.06. The van der Waals surface area contributed by atoms with Crippen molar-refractivity contribution in [1.29, 1.82) is 0 Å². The quantitative estimate of drug-likeness (QED) is 0.849. The van der Waals surface area contributed by atoms with Gasteiger partial charge in [0.1, 0.15) is 4.83 Å². The number of rotatable bonds is 5. The summed E-state index contributed by atoms with van der Waals surface area (Å²) in [5.41, 5.74) is 3.17. The SMILES string of the molecule is CCONC(=O)CCn1cnc2sc(C)c(C)c2c1=O. The van der Waals surface area contributed by atoms with E-state index in [0.29, 0.717) is 12.0 Å². The van der Waals surface area contributed by atoms with Crippen LogP contribution in [0.4, 0.5) is 0 Å². The molecule has 20 heavy (non-hydrogen) atoms. The van der Waals surface area contributed by atoms with E-state index in [4.69, 9.17) is 4.84 Å². The zero-order chi connectivity index (χ0) is 14.7. The van der Waals surface area contributed by atoms with Crippen LogP contribution in [0.15, 0.2) is 11.1 Å². The number of nitrogens with one attached hydrogen (secondary N) is 1. The molecule has 1 N–H and O–H groups in total. The molecular formula is C13H17N3O3S. The van der Waals surface area contributed by atoms with Gasteiger partial charge in [0.05, 0.1) is 18.3 Å². The molecule has 2 aromatic rings. The Hall–Kier alpha value is -1.73. The maximum Gasteiger partial charge on any atom is 0.262 e. The second-order valence-corrected chi connectivity index (χ2v) is 5.62. The maximum absolute atomic E-state index is 12.4. The summed E-state index contributed by atoms with van der Waals surface area (Å²) >= 11 is 1.51. The number of fused-ring (bicyclic) bond motifs is 1. The average Bonchev–Trinajstić information content (AvgIpc) is 2.72. The average molecular weight is 295 g/mol. The van der Waals surface area contributed by atoms with Crippen LogP contribution in [0.2, 0.25) is 0 Å². The number of hydrogen-bond donors (Lipinski definition) is 1. The maximum atomic E-state index is 12.4. The van der Waals surface area contributed by atoms with E-state index in [1.54, 1.807) is 6.92 Å². The molecule has 6 nitrogen and oxygen atoms in total. The summed E-state index contributed by atoms with van der Waals surface area (Å²) in [6.07, 6.45) is 1.67. The molecule has 0 saturated carbocycles. The van der Waals surface area contributed by atoms with E-state index >= 15 is 0 Å². The molecule has 2 rings (SSSR count). The molecule has 0 saturated heterocycles. The lowest BCUT2D eigenvalue weighted by Crippen LogP contribution is -2.27. The molecule has 0 radical (unpaired) electrons. The minimum absolute atomic E-state index is 0.0962. The fourth-order valence-electron chi connectivity index (χ4n) is 1.85. The number of carbonyl (C=O) groups excluding carboxylic acids is 1. The molecule has 2 aromatic heterocycles. The van der Waals surface area contributed by atoms with Gasteiger partial charge < -0.3 is 0 Å². The Morgan fingerprint density at radius 1 is 1.50 bits per heavy atom. The van der Waals surface area contributed by atoms with Crippen LogP contribution in [0.25, 0.3) is 10.2 Å². The summed E-state index contributed by atoms with van der Waals surface area (Å²) in [7, 11) is 0. The highest BCUT2D eigenvalue weighted by molar-refractivity contribution is 7.18. The molecular weight excluding hydrogens is 278 g/mol. The van der Waals surface area contributed by atoms with Gasteiger partial charge in [-0.3, -0.25) is 19.0 Å². The monoisotopic (exact) mass is 295 g/mol. The Bertz CT molecular complexity index is 690. The molecule has 0 bridgehead atoms. The summed E-state index contributed by atoms with van der Waals surface area (Å²) in [4.78, 5) is 34.7. The number of hydroxylamine groups is 1. The number of hydrogen-bond acceptors (Lipinski definition) is 5. The van der Waals surface area contributed by atoms with E-state index in [9.17, 15) is 9.59 Å². The third-order valence-electron chi connectivity index (χ3n) is 3.07. The summed E-state index contributed by atoms with van der Waals surface area (Å²) < 4.78 is 1.47. The topological polar surface area (TPSA) is 73.2 Å². The van der Waals surface area contributed by atoms with Crippen LogP contribution < -0.4 is 11.0 Å². The number of thiophene rings is 1. The molecule has 0 aliphatic heterocycles. The highest BCUT2D eigenvalue weighted by Gasteiger charge is 2.12. The Balaban J connectivity index is 2.19. The summed E-state index contributed by atoms with van der Waals surface area (Å²) in [6.45, 7) is 6.37. The van der Waals surface area contributed by atoms with Crippen molar-refractivity contribution >= 4 is 27.5 Å². The number of carbonyl (C=O) groups is 1. The van der Waals surface area contributed by atoms with Crippen molar-refractivity contribution < 1.29 is 9.63 Å². The standard InChI is InChI=1S/C13H17N3O3S/c1-4-19-15-10(17)5-6-16-7-14-12-11(13(16)18)8(2)9(3)20-12/h7H,4-6H2,1-3H3,(H,15,17). The van der Waals surface area contributed by atoms with Crippen molar-refractivity contribution in [3.63, 3.8) is 0 Å². The fraction of sp³-hybridized carbons (Fsp3) is 0.462. The summed E-state index contributed by atoms with van der Waals surface area (Å²) in [5, 5.41) is 0.653. The van der Waals surface area contributed by atoms with Crippen LogP contribution >= 0.6 is 11.3 Å². The third kappa shape index (κ3) is 2.88. The molecule has 0 aromatic carbocycles. The minimum atomic E-state index is -0.253. The largest absolute Gasteiger partial charge is 0.298 e. The number of nitrogens with zero attached hydrogens (tertiary/aromatic N) is 2. The third-order valence-corrected chi connectivity index (χ3v) is 4.18. The van der Waals surface area contributed by atoms with Gasteiger partial charge in [-0.2, -0.15) is 0 Å². The van der Waals surface area contributed by atoms with Gasteiger partial charge in [-0.05, 0) is 26.3 Å². The first-order valence-electron chi connectivity index (χ1n) is 6.40. The first-order valence-corrected chi connectivity index (χ1v) is 7.22. The highest BCUT2D eigenvalue weighted by Crippen LogP contribution is 2.25. The van der Waals surface area contributed by atoms with Crippen LogP contribution in [0.3, 0.4) is 0 Å². The van der Waals surface area contributed by atoms with Gasteiger partial charge in [-0.1, -0.05) is 0 Å². The molecule has 0 fully saturated rings. The van der Waals surface area contributed by atoms with Gasteiger partial charge in [0.25, 0.3) is 5.56 Å². The van der Waals surface area contributed by atoms with E-state index < -0.39 is 0 Å². The molecule has 108 valence electrons. The van der Waals surface area contributed by atoms with Crippen LogP contribution in [0.1, 0.15) is 23.8 Å². The van der Waals surface area contributed by atoms with E-state index in [1.807, 2.05) is 13.8 Å². The first kappa shape index (κ1) is 14.7. The Labute approximate surface area is 120 Å². The highest BCUT2D eigenvalue weighted by atomic mass is 32.1. The minimum Gasteiger partial charge on any atom is -0.298 e. The van der Waals surface area contributed by atoms with Crippen LogP contribution in [-0.4, -0.2) is 22.1 Å². The van der Waals surface area contributed by atoms with E-state index in [1.165, 1.54) is 22.2 Å². The summed E-state index contributed by atoms with van der Waals surface area (Å²) in [6, 6.07) is 0. The second-order valence-electron chi connectivity index (χ2n) is 4.41. The lowest BCUT2D eigenvalue weighted by atomic mass is 10.2. The van der Waals surface area contributed by atoms with Gasteiger partial charge in [0.15, 0.2) is 0 Å². The normalized spacial score (nSPS) is 10.9. The Morgan fingerprint density at radius 2 is 2.25 bits per heavy atom. The fourth-order valence-corrected chi connectivity index (χ4v) is 2.84. The summed E-state index contributed by atoms with van der Waals surface area (Å²) in [5.74, 6) is -0.253. The number of amides is 1. The number of aryl methyl sites for hydroxylation is 3. The molecule has 0 aliphatic rings. The predicted molar refractivity (Wildman–Crippen MR) is 77.7 cm³/mol. The van der Waals surface area contributed by atoms with E-state index in [0.717, 1.165) is 15.3 Å². The van der Waals surface area contributed by atoms with Crippen LogP contribution in [-0.2, 0) is 16.2 Å². The molecule has 0 unspecified atom stereocenters. The first-order chi connectivity index (χ1) is 9.54. The van der Waals surface area contributed by atoms with Gasteiger partial charge in [-0.25, -0.2) is 10.5 Å². The second kappa shape index (κ2) is 6.15. The van der Waals surface area contributed by atoms with E-state index in [-0.39, 0.29) is 24.4 Å². The van der Waals surface area contributed by atoms with Gasteiger partial charge in [-0.15, -0.1) is 11.3 Å². The van der Waals surface area contributed by atoms with Gasteiger partial charge in [0.2, 0.25) is 5.91 Å². The lowest BCUT2D eigenvalue weighted by molar-refractivity contribution is -0.133. The Kier molecular flexibility index (Phi) is 4.51. The van der Waals surface area contributed by atoms with Crippen molar-refractivity contribution in [1.82, 2.24) is 15.0 Å². The van der Waals surface area contributed by atoms with Crippen molar-refractivity contribution in [3.05, 3.63) is 27.1 Å². The molecule has 0 atom stereocenters. The van der Waals surface area contributed by atoms with E-state index in [2.05, 4.69) is 10.5 Å². The molecule has 0 spiro atoms. The number of aromatic nitrogens is 2. The zero-order valence-corrected chi connectivity index (χ0v) is 12.5. The van der Waals surface area contributed by atoms with Gasteiger partial charge in [0, 0.05) is 17.8 Å². The molecule has 0 aliphatic carbocycles. The van der Waals surface area contributed by atoms with Crippen molar-refractivity contribution in [2.24, 2.45) is 0 Å². The molecule has 7 heteroatoms. The van der Waals surface area contributed by atoms with Crippen LogP contribution in [0, 0.1) is 13.8 Å². The smallest absolute Gasteiger partial charge is 0.262 e. The van der Waals surface area contributed by atoms with Crippen molar-refractivity contribution in [2.45, 2.75) is 33.7 Å². The molecule has 1 amide bonds. The predicted octanol–water partition coefficient (Wildman–Crippen LogP) is 1.53. The van der Waals surface area contributed by atoms with Crippen molar-refractivity contribution in [2.75, 3.05) is 6.61 Å². The Morgan fingerprint density at radius 3 is 2.95 bits per heavy atom. The molecule has 2 heterocycles. The van der Waals surface area contributed by atoms with Crippen molar-refractivity contribution in [3.8, 4) is 0 Å². The van der Waals surface area contributed by atoms with Crippen LogP contribution in [0.5, 0.6) is 0 Å². The zero-order valence-electron chi connectivity index (χ0n) is 11.7. The van der Waals surface area contributed by atoms with Gasteiger partial charge >= 0.3 is 0 Å².